The average molecular weight is 268 g/mol. The Morgan fingerprint density at radius 2 is 1.55 bits per heavy atom. The molecule has 0 saturated heterocycles. The summed E-state index contributed by atoms with van der Waals surface area (Å²) in [6.45, 7) is 0. The fourth-order valence-corrected chi connectivity index (χ4v) is 1.84. The molecule has 0 spiro atoms. The number of hydrogen-bond donors (Lipinski definition) is 0. The molecule has 0 unspecified atom stereocenters. The zero-order valence-electron chi connectivity index (χ0n) is 11.5. The minimum absolute atomic E-state index is 0.668. The lowest BCUT2D eigenvalue weighted by molar-refractivity contribution is 0.112. The molecular weight excluding hydrogens is 252 g/mol. The smallest absolute Gasteiger partial charge is 0.150 e. The Morgan fingerprint density at radius 1 is 0.850 bits per heavy atom. The molecule has 0 aliphatic carbocycles. The molecule has 20 heavy (non-hydrogen) atoms. The van der Waals surface area contributed by atoms with E-state index in [9.17, 15) is 4.79 Å². The fraction of sp³-hybridized carbons (Fsp3) is 0.118. The Kier molecular flexibility index (Phi) is 4.56. The van der Waals surface area contributed by atoms with Crippen LogP contribution in [0.2, 0.25) is 0 Å². The minimum atomic E-state index is 0.668. The number of carbonyl (C=O) groups excluding carboxylic acids is 1. The maximum Gasteiger partial charge on any atom is 0.150 e. The lowest BCUT2D eigenvalue weighted by atomic mass is 10.1. The van der Waals surface area contributed by atoms with Crippen molar-refractivity contribution in [3.05, 3.63) is 59.2 Å². The van der Waals surface area contributed by atoms with Gasteiger partial charge in [-0.05, 0) is 23.8 Å². The van der Waals surface area contributed by atoms with E-state index in [0.29, 0.717) is 5.56 Å². The fourth-order valence-electron chi connectivity index (χ4n) is 1.84. The summed E-state index contributed by atoms with van der Waals surface area (Å²) in [7, 11) is 3.27. The minimum Gasteiger partial charge on any atom is -0.497 e. The number of methoxy groups -OCH3 is 2. The van der Waals surface area contributed by atoms with Crippen LogP contribution in [0.1, 0.15) is 21.5 Å². The maximum absolute atomic E-state index is 10.6. The van der Waals surface area contributed by atoms with Crippen LogP contribution in [0.3, 0.4) is 0 Å². The summed E-state index contributed by atoms with van der Waals surface area (Å²) in [5.41, 5.74) is 2.62. The van der Waals surface area contributed by atoms with E-state index >= 15 is 0 Å². The summed E-state index contributed by atoms with van der Waals surface area (Å²) in [5.74, 6) is 1.56. The van der Waals surface area contributed by atoms with Gasteiger partial charge in [-0.3, -0.25) is 4.79 Å². The number of aldehydes is 1. The van der Waals surface area contributed by atoms with Crippen molar-refractivity contribution in [1.82, 2.24) is 0 Å². The second-order valence-corrected chi connectivity index (χ2v) is 4.23. The quantitative estimate of drug-likeness (QED) is 0.613. The van der Waals surface area contributed by atoms with E-state index in [4.69, 9.17) is 9.47 Å². The van der Waals surface area contributed by atoms with Crippen LogP contribution in [0.25, 0.3) is 12.2 Å². The van der Waals surface area contributed by atoms with E-state index in [0.717, 1.165) is 28.9 Å². The van der Waals surface area contributed by atoms with Crippen LogP contribution in [0, 0.1) is 0 Å². The van der Waals surface area contributed by atoms with Crippen molar-refractivity contribution >= 4 is 18.4 Å². The third-order valence-electron chi connectivity index (χ3n) is 2.96. The van der Waals surface area contributed by atoms with Gasteiger partial charge in [0.05, 0.1) is 14.2 Å². The molecule has 2 aromatic carbocycles. The van der Waals surface area contributed by atoms with Gasteiger partial charge in [0, 0.05) is 11.1 Å². The van der Waals surface area contributed by atoms with Crippen molar-refractivity contribution in [3.8, 4) is 11.5 Å². The van der Waals surface area contributed by atoms with Gasteiger partial charge in [-0.25, -0.2) is 0 Å². The van der Waals surface area contributed by atoms with Crippen molar-refractivity contribution in [2.75, 3.05) is 14.2 Å². The van der Waals surface area contributed by atoms with Gasteiger partial charge < -0.3 is 9.47 Å². The Bertz CT molecular complexity index is 613. The van der Waals surface area contributed by atoms with Gasteiger partial charge in [0.2, 0.25) is 0 Å². The topological polar surface area (TPSA) is 35.5 Å². The van der Waals surface area contributed by atoms with Gasteiger partial charge in [0.15, 0.2) is 0 Å². The van der Waals surface area contributed by atoms with Gasteiger partial charge in [-0.1, -0.05) is 36.4 Å². The van der Waals surface area contributed by atoms with Gasteiger partial charge in [0.25, 0.3) is 0 Å². The second-order valence-electron chi connectivity index (χ2n) is 4.23. The molecule has 0 aromatic heterocycles. The molecule has 0 radical (unpaired) electrons. The second kappa shape index (κ2) is 6.57. The van der Waals surface area contributed by atoms with E-state index < -0.39 is 0 Å². The molecule has 0 N–H and O–H groups in total. The third-order valence-corrected chi connectivity index (χ3v) is 2.96. The highest BCUT2D eigenvalue weighted by Crippen LogP contribution is 2.25. The summed E-state index contributed by atoms with van der Waals surface area (Å²) < 4.78 is 10.5. The Balaban J connectivity index is 2.26. The van der Waals surface area contributed by atoms with Gasteiger partial charge in [-0.2, -0.15) is 0 Å². The highest BCUT2D eigenvalue weighted by molar-refractivity contribution is 5.77. The normalized spacial score (nSPS) is 10.5. The maximum atomic E-state index is 10.6. The predicted molar refractivity (Wildman–Crippen MR) is 80.3 cm³/mol. The summed E-state index contributed by atoms with van der Waals surface area (Å²) in [6.07, 6.45) is 4.75. The molecule has 0 atom stereocenters. The highest BCUT2D eigenvalue weighted by atomic mass is 16.5. The third kappa shape index (κ3) is 3.26. The molecule has 3 heteroatoms. The van der Waals surface area contributed by atoms with Crippen LogP contribution in [0.15, 0.2) is 42.5 Å². The predicted octanol–water partition coefficient (Wildman–Crippen LogP) is 3.69. The molecule has 2 aromatic rings. The number of carbonyl (C=O) groups is 1. The van der Waals surface area contributed by atoms with Crippen molar-refractivity contribution in [3.63, 3.8) is 0 Å². The Morgan fingerprint density at radius 3 is 2.15 bits per heavy atom. The van der Waals surface area contributed by atoms with Gasteiger partial charge in [-0.15, -0.1) is 0 Å². The Hall–Kier alpha value is -2.55. The number of rotatable bonds is 5. The molecule has 3 nitrogen and oxygen atoms in total. The number of ether oxygens (including phenoxy) is 2. The monoisotopic (exact) mass is 268 g/mol. The standard InChI is InChI=1S/C17H16O3/c1-19-16-9-10-17(20-2)15(11-16)8-7-13-3-5-14(12-18)6-4-13/h3-12H,1-2H3. The van der Waals surface area contributed by atoms with E-state index in [2.05, 4.69) is 0 Å². The van der Waals surface area contributed by atoms with Crippen molar-refractivity contribution in [2.24, 2.45) is 0 Å². The van der Waals surface area contributed by atoms with Gasteiger partial charge in [0.1, 0.15) is 17.8 Å². The lowest BCUT2D eigenvalue weighted by Crippen LogP contribution is -1.89. The largest absolute Gasteiger partial charge is 0.497 e. The summed E-state index contributed by atoms with van der Waals surface area (Å²) in [6, 6.07) is 13.0. The molecule has 0 aliphatic heterocycles. The number of benzene rings is 2. The average Bonchev–Trinajstić information content (AvgIpc) is 2.53. The van der Waals surface area contributed by atoms with Crippen molar-refractivity contribution < 1.29 is 14.3 Å². The molecule has 0 amide bonds. The summed E-state index contributed by atoms with van der Waals surface area (Å²) >= 11 is 0. The van der Waals surface area contributed by atoms with E-state index in [1.54, 1.807) is 26.4 Å². The molecule has 0 fully saturated rings. The summed E-state index contributed by atoms with van der Waals surface area (Å²) in [4.78, 5) is 10.6. The van der Waals surface area contributed by atoms with Crippen LogP contribution in [-0.2, 0) is 0 Å². The molecular formula is C17H16O3. The first-order valence-electron chi connectivity index (χ1n) is 6.22. The van der Waals surface area contributed by atoms with Crippen molar-refractivity contribution in [1.29, 1.82) is 0 Å². The zero-order chi connectivity index (χ0) is 14.4. The molecule has 0 bridgehead atoms. The lowest BCUT2D eigenvalue weighted by Gasteiger charge is -2.07. The first-order chi connectivity index (χ1) is 9.76. The van der Waals surface area contributed by atoms with Crippen molar-refractivity contribution in [2.45, 2.75) is 0 Å². The van der Waals surface area contributed by atoms with E-state index in [-0.39, 0.29) is 0 Å². The number of hydrogen-bond acceptors (Lipinski definition) is 3. The van der Waals surface area contributed by atoms with Crippen LogP contribution in [0.5, 0.6) is 11.5 Å². The van der Waals surface area contributed by atoms with E-state index in [1.807, 2.05) is 42.5 Å². The van der Waals surface area contributed by atoms with E-state index in [1.165, 1.54) is 0 Å². The summed E-state index contributed by atoms with van der Waals surface area (Å²) in [5, 5.41) is 0. The molecule has 0 heterocycles. The Labute approximate surface area is 118 Å². The first-order valence-corrected chi connectivity index (χ1v) is 6.22. The molecule has 2 rings (SSSR count). The molecule has 102 valence electrons. The highest BCUT2D eigenvalue weighted by Gasteiger charge is 2.01. The van der Waals surface area contributed by atoms with Crippen LogP contribution in [0.4, 0.5) is 0 Å². The van der Waals surface area contributed by atoms with Crippen LogP contribution < -0.4 is 9.47 Å². The molecule has 0 aliphatic rings. The molecule has 0 saturated carbocycles. The van der Waals surface area contributed by atoms with Crippen LogP contribution >= 0.6 is 0 Å². The SMILES string of the molecule is COc1ccc(OC)c(C=Cc2ccc(C=O)cc2)c1. The van der Waals surface area contributed by atoms with Gasteiger partial charge >= 0.3 is 0 Å². The van der Waals surface area contributed by atoms with Crippen LogP contribution in [-0.4, -0.2) is 20.5 Å². The zero-order valence-corrected chi connectivity index (χ0v) is 11.5. The first kappa shape index (κ1) is 13.9.